The van der Waals surface area contributed by atoms with Gasteiger partial charge in [0, 0.05) is 0 Å². The molecule has 0 heterocycles. The maximum atomic E-state index is 14.0. The molecule has 2 N–H and O–H groups in total. The van der Waals surface area contributed by atoms with Crippen LogP contribution in [0.3, 0.4) is 0 Å². The number of aliphatic hydroxyl groups is 2. The first kappa shape index (κ1) is 49.2. The molecule has 1 saturated carbocycles. The number of phosphoric acid groups is 3. The molecule has 0 saturated heterocycles. The fraction of sp³-hybridized carbons (Fsp3) is 1.00. The summed E-state index contributed by atoms with van der Waals surface area (Å²) in [5.74, 6) is 0. The van der Waals surface area contributed by atoms with Gasteiger partial charge in [0.25, 0.3) is 0 Å². The summed E-state index contributed by atoms with van der Waals surface area (Å²) in [6.45, 7) is 0. The Kier molecular flexibility index (Phi) is 33.0. The second kappa shape index (κ2) is 20.1. The number of halogens is 1. The van der Waals surface area contributed by atoms with Crippen LogP contribution in [0, 0.1) is 0 Å². The van der Waals surface area contributed by atoms with E-state index in [1.807, 2.05) is 0 Å². The monoisotopic (exact) mass is 554 g/mol. The van der Waals surface area contributed by atoms with Crippen LogP contribution in [0.2, 0.25) is 0 Å². The third kappa shape index (κ3) is 18.4. The Labute approximate surface area is 303 Å². The summed E-state index contributed by atoms with van der Waals surface area (Å²) in [5, 5.41) is 19.1. The van der Waals surface area contributed by atoms with E-state index >= 15 is 0 Å². The predicted octanol–water partition coefficient (Wildman–Crippen LogP) is -24.3. The van der Waals surface area contributed by atoms with Gasteiger partial charge in [-0.1, -0.05) is 0 Å². The molecule has 14 nitrogen and oxygen atoms in total. The zero-order chi connectivity index (χ0) is 19.1. The maximum absolute atomic E-state index is 14.0. The predicted molar refractivity (Wildman–Crippen MR) is 54.3 cm³/mol. The Morgan fingerprint density at radius 3 is 1.13 bits per heavy atom. The minimum Gasteiger partial charge on any atom is -0.790 e. The molecular weight excluding hydrogens is 546 g/mol. The van der Waals surface area contributed by atoms with E-state index in [-0.39, 0.29) is 177 Å². The van der Waals surface area contributed by atoms with Crippen molar-refractivity contribution >= 4 is 23.5 Å². The van der Waals surface area contributed by atoms with E-state index in [0.29, 0.717) is 0 Å². The van der Waals surface area contributed by atoms with Crippen molar-refractivity contribution in [2.45, 2.75) is 36.7 Å². The topological polar surface area (TPSA) is 258 Å². The number of phosphoric ester groups is 3. The fourth-order valence-electron chi connectivity index (χ4n) is 1.95. The largest absolute Gasteiger partial charge is 1.00 e. The van der Waals surface area contributed by atoms with Gasteiger partial charge in [0.05, 0.1) is 23.5 Å². The van der Waals surface area contributed by atoms with Crippen molar-refractivity contribution in [1.82, 2.24) is 0 Å². The smallest absolute Gasteiger partial charge is 0.790 e. The van der Waals surface area contributed by atoms with Gasteiger partial charge >= 0.3 is 177 Å². The molecule has 0 bridgehead atoms. The van der Waals surface area contributed by atoms with Crippen LogP contribution in [0.4, 0.5) is 4.39 Å². The molecule has 144 valence electrons. The van der Waals surface area contributed by atoms with E-state index < -0.39 is 60.2 Å². The number of hydrogen-bond donors (Lipinski definition) is 2. The van der Waals surface area contributed by atoms with Crippen molar-refractivity contribution in [2.24, 2.45) is 0 Å². The fourth-order valence-corrected chi connectivity index (χ4v) is 3.58. The van der Waals surface area contributed by atoms with Crippen LogP contribution in [-0.4, -0.2) is 46.9 Å². The molecule has 0 amide bonds. The molecule has 0 aromatic heterocycles. The molecule has 0 aromatic rings. The van der Waals surface area contributed by atoms with Crippen LogP contribution in [0.15, 0.2) is 0 Å². The molecule has 0 spiro atoms. The average molecular weight is 554 g/mol. The summed E-state index contributed by atoms with van der Waals surface area (Å²) in [4.78, 5) is 63.3. The van der Waals surface area contributed by atoms with E-state index in [2.05, 4.69) is 13.6 Å². The van der Waals surface area contributed by atoms with Crippen molar-refractivity contribution < 1.29 is 249 Å². The van der Waals surface area contributed by atoms with E-state index in [4.69, 9.17) is 0 Å². The molecule has 24 heteroatoms. The van der Waals surface area contributed by atoms with Crippen LogP contribution in [-0.2, 0) is 27.3 Å². The summed E-state index contributed by atoms with van der Waals surface area (Å²) in [7, 11) is -18.1. The molecule has 1 fully saturated rings. The minimum absolute atomic E-state index is 0. The number of alkyl halides is 1. The molecule has 6 unspecified atom stereocenters. The minimum atomic E-state index is -6.06. The average Bonchev–Trinajstić information content (AvgIpc) is 2.32. The first-order chi connectivity index (χ1) is 10.5. The molecular formula is C6H8FNa6O14P3. The molecule has 1 aliphatic rings. The number of rotatable bonds is 6. The van der Waals surface area contributed by atoms with Crippen molar-refractivity contribution in [3.63, 3.8) is 0 Å². The van der Waals surface area contributed by atoms with E-state index in [0.717, 1.165) is 0 Å². The van der Waals surface area contributed by atoms with Crippen LogP contribution in [0.1, 0.15) is 0 Å². The van der Waals surface area contributed by atoms with Gasteiger partial charge in [0.1, 0.15) is 30.5 Å². The molecule has 1 rings (SSSR count). The van der Waals surface area contributed by atoms with Gasteiger partial charge in [-0.3, -0.25) is 0 Å². The third-order valence-electron chi connectivity index (χ3n) is 2.73. The van der Waals surface area contributed by atoms with Gasteiger partial charge in [0.2, 0.25) is 0 Å². The zero-order valence-corrected chi connectivity index (χ0v) is 31.7. The van der Waals surface area contributed by atoms with E-state index in [1.54, 1.807) is 0 Å². The standard InChI is InChI=1S/C6H14FO14P3.6Na/c7-1-2(8)5(20-23(13,14)15)3(9)6(21-24(16,17)18)4(1)19-22(10,11)12;;;;;;/h1-6,8-9H,(H2,10,11,12)(H2,13,14,15)(H2,16,17,18);;;;;;/q;6*+1/p-6. The van der Waals surface area contributed by atoms with Crippen LogP contribution < -0.4 is 207 Å². The second-order valence-corrected chi connectivity index (χ2v) is 7.79. The first-order valence-electron chi connectivity index (χ1n) is 5.63. The van der Waals surface area contributed by atoms with Gasteiger partial charge < -0.3 is 66.8 Å². The zero-order valence-electron chi connectivity index (χ0n) is 17.0. The molecule has 0 aromatic carbocycles. The van der Waals surface area contributed by atoms with E-state index in [9.17, 15) is 57.7 Å². The second-order valence-electron chi connectivity index (χ2n) is 4.48. The molecule has 0 aliphatic heterocycles. The van der Waals surface area contributed by atoms with Gasteiger partial charge in [-0.05, 0) is 0 Å². The number of hydrogen-bond acceptors (Lipinski definition) is 14. The SMILES string of the molecule is O=P([O-])([O-])OC1C(O)C(F)C(OP(=O)([O-])[O-])C(OP(=O)([O-])[O-])C1O.[Na+].[Na+].[Na+].[Na+].[Na+].[Na+]. The normalized spacial score (nSPS) is 28.7. The van der Waals surface area contributed by atoms with Gasteiger partial charge in [-0.15, -0.1) is 0 Å². The quantitative estimate of drug-likeness (QED) is 0.228. The van der Waals surface area contributed by atoms with E-state index in [1.165, 1.54) is 0 Å². The molecule has 0 radical (unpaired) electrons. The Balaban J connectivity index is -0.000000240. The summed E-state index contributed by atoms with van der Waals surface area (Å²) in [5.41, 5.74) is 0. The Hall–Kier alpha value is 6.18. The Morgan fingerprint density at radius 2 is 0.833 bits per heavy atom. The summed E-state index contributed by atoms with van der Waals surface area (Å²) < 4.78 is 56.5. The van der Waals surface area contributed by atoms with Crippen LogP contribution >= 0.6 is 23.5 Å². The van der Waals surface area contributed by atoms with Crippen molar-refractivity contribution in [2.75, 3.05) is 0 Å². The Bertz CT molecular complexity index is 601. The summed E-state index contributed by atoms with van der Waals surface area (Å²) in [6, 6.07) is 0. The van der Waals surface area contributed by atoms with Crippen LogP contribution in [0.25, 0.3) is 0 Å². The summed E-state index contributed by atoms with van der Waals surface area (Å²) in [6.07, 6.45) is -16.9. The van der Waals surface area contributed by atoms with Crippen LogP contribution in [0.5, 0.6) is 0 Å². The van der Waals surface area contributed by atoms with Gasteiger partial charge in [-0.25, -0.2) is 4.39 Å². The third-order valence-corrected chi connectivity index (χ3v) is 4.23. The van der Waals surface area contributed by atoms with Crippen molar-refractivity contribution in [3.05, 3.63) is 0 Å². The number of aliphatic hydroxyl groups excluding tert-OH is 2. The molecule has 6 atom stereocenters. The van der Waals surface area contributed by atoms with Gasteiger partial charge in [0.15, 0.2) is 6.17 Å². The molecule has 30 heavy (non-hydrogen) atoms. The maximum Gasteiger partial charge on any atom is 1.00 e. The Morgan fingerprint density at radius 1 is 0.567 bits per heavy atom. The first-order valence-corrected chi connectivity index (χ1v) is 10.0. The summed E-state index contributed by atoms with van der Waals surface area (Å²) >= 11 is 0. The van der Waals surface area contributed by atoms with Crippen molar-refractivity contribution in [3.8, 4) is 0 Å². The van der Waals surface area contributed by atoms with Crippen molar-refractivity contribution in [1.29, 1.82) is 0 Å². The molecule has 1 aliphatic carbocycles. The van der Waals surface area contributed by atoms with Gasteiger partial charge in [-0.2, -0.15) is 0 Å².